The predicted octanol–water partition coefficient (Wildman–Crippen LogP) is 2.94. The molecule has 0 atom stereocenters. The minimum Gasteiger partial charge on any atom is -0.272 e. The fraction of sp³-hybridized carbons (Fsp3) is 0.500. The molecule has 1 aromatic carbocycles. The average Bonchev–Trinajstić information content (AvgIpc) is 3.09. The molecule has 1 aliphatic heterocycles. The van der Waals surface area contributed by atoms with Crippen LogP contribution < -0.4 is 0 Å². The summed E-state index contributed by atoms with van der Waals surface area (Å²) in [7, 11) is -3.37. The van der Waals surface area contributed by atoms with E-state index in [1.807, 2.05) is 29.1 Å². The van der Waals surface area contributed by atoms with E-state index in [0.29, 0.717) is 23.9 Å². The molecular formula is C18H25N3O2S. The van der Waals surface area contributed by atoms with Crippen LogP contribution in [0.3, 0.4) is 0 Å². The molecule has 0 bridgehead atoms. The quantitative estimate of drug-likeness (QED) is 0.807. The maximum Gasteiger partial charge on any atom is 0.243 e. The second-order valence-electron chi connectivity index (χ2n) is 6.47. The molecule has 0 amide bonds. The van der Waals surface area contributed by atoms with Crippen molar-refractivity contribution >= 4 is 10.0 Å². The van der Waals surface area contributed by atoms with Gasteiger partial charge in [-0.3, -0.25) is 4.68 Å². The first-order valence-electron chi connectivity index (χ1n) is 8.66. The molecule has 1 aromatic heterocycles. The number of piperidine rings is 1. The van der Waals surface area contributed by atoms with Gasteiger partial charge in [0.1, 0.15) is 0 Å². The molecule has 0 spiro atoms. The van der Waals surface area contributed by atoms with E-state index in [1.165, 1.54) is 5.56 Å². The summed E-state index contributed by atoms with van der Waals surface area (Å²) < 4.78 is 29.1. The lowest BCUT2D eigenvalue weighted by molar-refractivity contribution is 0.247. The Morgan fingerprint density at radius 2 is 1.88 bits per heavy atom. The van der Waals surface area contributed by atoms with Gasteiger partial charge in [-0.25, -0.2) is 8.42 Å². The van der Waals surface area contributed by atoms with E-state index in [9.17, 15) is 8.42 Å². The lowest BCUT2D eigenvalue weighted by Crippen LogP contribution is -2.39. The first-order valence-corrected chi connectivity index (χ1v) is 10.1. The third-order valence-electron chi connectivity index (χ3n) is 4.68. The Morgan fingerprint density at radius 1 is 1.17 bits per heavy atom. The van der Waals surface area contributed by atoms with Gasteiger partial charge in [-0.15, -0.1) is 0 Å². The fourth-order valence-electron chi connectivity index (χ4n) is 3.27. The van der Waals surface area contributed by atoms with Gasteiger partial charge in [-0.2, -0.15) is 9.40 Å². The molecule has 1 saturated heterocycles. The van der Waals surface area contributed by atoms with Crippen molar-refractivity contribution in [1.29, 1.82) is 0 Å². The SMILES string of the molecule is CCCc1ccc(S(=O)(=O)N2CCC(Cn3cccn3)CC2)cc1. The lowest BCUT2D eigenvalue weighted by Gasteiger charge is -2.31. The van der Waals surface area contributed by atoms with Crippen LogP contribution in [0.2, 0.25) is 0 Å². The summed E-state index contributed by atoms with van der Waals surface area (Å²) >= 11 is 0. The molecule has 6 heteroatoms. The summed E-state index contributed by atoms with van der Waals surface area (Å²) in [5, 5.41) is 4.23. The minimum atomic E-state index is -3.37. The van der Waals surface area contributed by atoms with Crippen LogP contribution in [0.15, 0.2) is 47.6 Å². The number of hydrogen-bond acceptors (Lipinski definition) is 3. The van der Waals surface area contributed by atoms with Crippen LogP contribution in [-0.2, 0) is 23.0 Å². The number of rotatable bonds is 6. The first-order chi connectivity index (χ1) is 11.6. The zero-order valence-corrected chi connectivity index (χ0v) is 15.0. The summed E-state index contributed by atoms with van der Waals surface area (Å²) in [6, 6.07) is 9.27. The number of hydrogen-bond donors (Lipinski definition) is 0. The molecule has 3 rings (SSSR count). The third kappa shape index (κ3) is 3.87. The molecule has 0 saturated carbocycles. The van der Waals surface area contributed by atoms with Crippen LogP contribution in [0.25, 0.3) is 0 Å². The van der Waals surface area contributed by atoms with Crippen LogP contribution >= 0.6 is 0 Å². The molecule has 0 N–H and O–H groups in total. The molecule has 24 heavy (non-hydrogen) atoms. The maximum absolute atomic E-state index is 12.8. The van der Waals surface area contributed by atoms with E-state index in [0.717, 1.165) is 32.2 Å². The number of benzene rings is 1. The monoisotopic (exact) mass is 347 g/mol. The smallest absolute Gasteiger partial charge is 0.243 e. The summed E-state index contributed by atoms with van der Waals surface area (Å²) in [6.45, 7) is 4.17. The van der Waals surface area contributed by atoms with Crippen molar-refractivity contribution < 1.29 is 8.42 Å². The lowest BCUT2D eigenvalue weighted by atomic mass is 9.98. The van der Waals surface area contributed by atoms with E-state index in [4.69, 9.17) is 0 Å². The van der Waals surface area contributed by atoms with Gasteiger partial charge in [-0.05, 0) is 48.9 Å². The highest BCUT2D eigenvalue weighted by Gasteiger charge is 2.29. The summed E-state index contributed by atoms with van der Waals surface area (Å²) in [4.78, 5) is 0.410. The molecule has 1 aliphatic rings. The normalized spacial score (nSPS) is 17.2. The van der Waals surface area contributed by atoms with E-state index in [1.54, 1.807) is 22.6 Å². The molecule has 1 fully saturated rings. The van der Waals surface area contributed by atoms with Crippen molar-refractivity contribution in [3.8, 4) is 0 Å². The van der Waals surface area contributed by atoms with Crippen molar-refractivity contribution in [1.82, 2.24) is 14.1 Å². The Bertz CT molecular complexity index is 731. The van der Waals surface area contributed by atoms with Crippen molar-refractivity contribution in [2.24, 2.45) is 5.92 Å². The largest absolute Gasteiger partial charge is 0.272 e. The Hall–Kier alpha value is -1.66. The van der Waals surface area contributed by atoms with Gasteiger partial charge in [0.25, 0.3) is 0 Å². The summed E-state index contributed by atoms with van der Waals surface area (Å²) in [5.74, 6) is 0.489. The van der Waals surface area contributed by atoms with Gasteiger partial charge in [0.05, 0.1) is 4.90 Å². The number of aromatic nitrogens is 2. The molecule has 2 aromatic rings. The van der Waals surface area contributed by atoms with Gasteiger partial charge in [0.15, 0.2) is 0 Å². The van der Waals surface area contributed by atoms with Crippen molar-refractivity contribution in [3.05, 3.63) is 48.3 Å². The van der Waals surface area contributed by atoms with Gasteiger partial charge >= 0.3 is 0 Å². The molecule has 0 radical (unpaired) electrons. The fourth-order valence-corrected chi connectivity index (χ4v) is 4.74. The second kappa shape index (κ2) is 7.49. The Kier molecular flexibility index (Phi) is 5.36. The van der Waals surface area contributed by atoms with Crippen LogP contribution in [0.4, 0.5) is 0 Å². The Labute approximate surface area is 144 Å². The molecule has 0 aliphatic carbocycles. The Morgan fingerprint density at radius 3 is 2.46 bits per heavy atom. The summed E-state index contributed by atoms with van der Waals surface area (Å²) in [6.07, 6.45) is 7.55. The van der Waals surface area contributed by atoms with Gasteiger partial charge in [0, 0.05) is 32.0 Å². The first kappa shape index (κ1) is 17.2. The average molecular weight is 347 g/mol. The van der Waals surface area contributed by atoms with Gasteiger partial charge in [0.2, 0.25) is 10.0 Å². The second-order valence-corrected chi connectivity index (χ2v) is 8.41. The van der Waals surface area contributed by atoms with E-state index in [2.05, 4.69) is 12.0 Å². The highest BCUT2D eigenvalue weighted by molar-refractivity contribution is 7.89. The third-order valence-corrected chi connectivity index (χ3v) is 6.59. The van der Waals surface area contributed by atoms with Crippen LogP contribution in [0.1, 0.15) is 31.7 Å². The number of nitrogens with zero attached hydrogens (tertiary/aromatic N) is 3. The standard InChI is InChI=1S/C18H25N3O2S/c1-2-4-16-5-7-18(8-6-16)24(22,23)21-13-9-17(10-14-21)15-20-12-3-11-19-20/h3,5-8,11-12,17H,2,4,9-10,13-15H2,1H3. The van der Waals surface area contributed by atoms with E-state index in [-0.39, 0.29) is 0 Å². The molecule has 5 nitrogen and oxygen atoms in total. The Balaban J connectivity index is 1.61. The van der Waals surface area contributed by atoms with Gasteiger partial charge < -0.3 is 0 Å². The van der Waals surface area contributed by atoms with Crippen LogP contribution in [0, 0.1) is 5.92 Å². The highest BCUT2D eigenvalue weighted by atomic mass is 32.2. The van der Waals surface area contributed by atoms with Gasteiger partial charge in [-0.1, -0.05) is 25.5 Å². The van der Waals surface area contributed by atoms with Crippen molar-refractivity contribution in [3.63, 3.8) is 0 Å². The zero-order chi connectivity index (χ0) is 17.0. The maximum atomic E-state index is 12.8. The molecule has 0 unspecified atom stereocenters. The topological polar surface area (TPSA) is 55.2 Å². The predicted molar refractivity (Wildman–Crippen MR) is 94.1 cm³/mol. The van der Waals surface area contributed by atoms with E-state index < -0.39 is 10.0 Å². The molecular weight excluding hydrogens is 322 g/mol. The minimum absolute atomic E-state index is 0.410. The van der Waals surface area contributed by atoms with Crippen LogP contribution in [-0.4, -0.2) is 35.6 Å². The number of sulfonamides is 1. The van der Waals surface area contributed by atoms with Crippen molar-refractivity contribution in [2.45, 2.75) is 44.0 Å². The zero-order valence-electron chi connectivity index (χ0n) is 14.1. The summed E-state index contributed by atoms with van der Waals surface area (Å²) in [5.41, 5.74) is 1.19. The highest BCUT2D eigenvalue weighted by Crippen LogP contribution is 2.25. The van der Waals surface area contributed by atoms with E-state index >= 15 is 0 Å². The molecule has 130 valence electrons. The van der Waals surface area contributed by atoms with Crippen LogP contribution in [0.5, 0.6) is 0 Å². The number of aryl methyl sites for hydroxylation is 1. The molecule has 2 heterocycles. The van der Waals surface area contributed by atoms with Crippen molar-refractivity contribution in [2.75, 3.05) is 13.1 Å².